The van der Waals surface area contributed by atoms with Crippen molar-refractivity contribution in [2.24, 2.45) is 0 Å². The maximum atomic E-state index is 12.4. The Morgan fingerprint density at radius 2 is 1.87 bits per heavy atom. The fraction of sp³-hybridized carbons (Fsp3) is 0.632. The summed E-state index contributed by atoms with van der Waals surface area (Å²) in [5.74, 6) is 0.268. The zero-order valence-electron chi connectivity index (χ0n) is 15.3. The number of piperidine rings is 1. The minimum atomic E-state index is -1.77. The molecule has 23 heavy (non-hydrogen) atoms. The Kier molecular flexibility index (Phi) is 5.68. The van der Waals surface area contributed by atoms with E-state index in [2.05, 4.69) is 46.0 Å². The standard InChI is InChI=1S/C19H31NO2Si/c1-19(2,3)23(4,5)22-15-17-12-9-13-18(21)20(17)14-16-10-7-6-8-11-16/h6-8,10-11,17H,9,12-15H2,1-5H3. The molecule has 1 aromatic carbocycles. The molecule has 0 aliphatic carbocycles. The van der Waals surface area contributed by atoms with Gasteiger partial charge in [0, 0.05) is 13.0 Å². The Balaban J connectivity index is 2.04. The second-order valence-corrected chi connectivity index (χ2v) is 12.9. The number of benzene rings is 1. The minimum absolute atomic E-state index is 0.204. The van der Waals surface area contributed by atoms with Crippen LogP contribution in [0.2, 0.25) is 18.1 Å². The van der Waals surface area contributed by atoms with Crippen LogP contribution in [-0.2, 0) is 15.8 Å². The van der Waals surface area contributed by atoms with Gasteiger partial charge in [-0.05, 0) is 36.5 Å². The lowest BCUT2D eigenvalue weighted by molar-refractivity contribution is -0.138. The summed E-state index contributed by atoms with van der Waals surface area (Å²) in [5, 5.41) is 0.204. The number of hydrogen-bond acceptors (Lipinski definition) is 2. The van der Waals surface area contributed by atoms with Crippen LogP contribution in [0.3, 0.4) is 0 Å². The topological polar surface area (TPSA) is 29.5 Å². The van der Waals surface area contributed by atoms with Gasteiger partial charge in [0.25, 0.3) is 0 Å². The number of likely N-dealkylation sites (tertiary alicyclic amines) is 1. The van der Waals surface area contributed by atoms with Gasteiger partial charge in [-0.3, -0.25) is 4.79 Å². The van der Waals surface area contributed by atoms with Crippen LogP contribution in [0.5, 0.6) is 0 Å². The van der Waals surface area contributed by atoms with E-state index in [9.17, 15) is 4.79 Å². The first-order chi connectivity index (χ1) is 10.7. The molecule has 4 heteroatoms. The Labute approximate surface area is 142 Å². The van der Waals surface area contributed by atoms with E-state index in [1.807, 2.05) is 23.1 Å². The van der Waals surface area contributed by atoms with Gasteiger partial charge in [0.15, 0.2) is 8.32 Å². The molecule has 1 atom stereocenters. The normalized spacial score (nSPS) is 20.0. The first kappa shape index (κ1) is 18.2. The van der Waals surface area contributed by atoms with Crippen molar-refractivity contribution in [3.05, 3.63) is 35.9 Å². The first-order valence-electron chi connectivity index (χ1n) is 8.68. The van der Waals surface area contributed by atoms with Crippen molar-refractivity contribution in [3.63, 3.8) is 0 Å². The second kappa shape index (κ2) is 7.18. The molecule has 3 nitrogen and oxygen atoms in total. The van der Waals surface area contributed by atoms with Crippen molar-refractivity contribution in [2.75, 3.05) is 6.61 Å². The van der Waals surface area contributed by atoms with Crippen molar-refractivity contribution < 1.29 is 9.22 Å². The molecule has 0 saturated carbocycles. The Hall–Kier alpha value is -1.13. The van der Waals surface area contributed by atoms with Crippen LogP contribution in [0.15, 0.2) is 30.3 Å². The highest BCUT2D eigenvalue weighted by Gasteiger charge is 2.38. The van der Waals surface area contributed by atoms with E-state index >= 15 is 0 Å². The van der Waals surface area contributed by atoms with Crippen molar-refractivity contribution in [2.45, 2.75) is 70.8 Å². The lowest BCUT2D eigenvalue weighted by Crippen LogP contribution is -2.49. The first-order valence-corrected chi connectivity index (χ1v) is 11.6. The molecule has 0 radical (unpaired) electrons. The molecular weight excluding hydrogens is 302 g/mol. The smallest absolute Gasteiger partial charge is 0.223 e. The third-order valence-electron chi connectivity index (χ3n) is 5.33. The summed E-state index contributed by atoms with van der Waals surface area (Å²) in [6.07, 6.45) is 2.70. The third-order valence-corrected chi connectivity index (χ3v) is 9.83. The van der Waals surface area contributed by atoms with E-state index in [1.165, 1.54) is 5.56 Å². The van der Waals surface area contributed by atoms with E-state index in [-0.39, 0.29) is 17.0 Å². The molecule has 2 rings (SSSR count). The number of rotatable bonds is 5. The number of carbonyl (C=O) groups is 1. The largest absolute Gasteiger partial charge is 0.415 e. The van der Waals surface area contributed by atoms with Gasteiger partial charge in [0.1, 0.15) is 0 Å². The Bertz CT molecular complexity index is 522. The number of hydrogen-bond donors (Lipinski definition) is 0. The molecule has 1 amide bonds. The predicted octanol–water partition coefficient (Wildman–Crippen LogP) is 4.59. The molecule has 1 fully saturated rings. The van der Waals surface area contributed by atoms with E-state index in [0.717, 1.165) is 12.8 Å². The third kappa shape index (κ3) is 4.67. The van der Waals surface area contributed by atoms with E-state index in [0.29, 0.717) is 19.6 Å². The van der Waals surface area contributed by atoms with Gasteiger partial charge in [-0.25, -0.2) is 0 Å². The maximum Gasteiger partial charge on any atom is 0.223 e. The van der Waals surface area contributed by atoms with Gasteiger partial charge >= 0.3 is 0 Å². The molecular formula is C19H31NO2Si. The highest BCUT2D eigenvalue weighted by atomic mass is 28.4. The summed E-state index contributed by atoms with van der Waals surface area (Å²) in [6.45, 7) is 12.7. The molecule has 1 heterocycles. The monoisotopic (exact) mass is 333 g/mol. The van der Waals surface area contributed by atoms with Crippen LogP contribution < -0.4 is 0 Å². The zero-order valence-corrected chi connectivity index (χ0v) is 16.3. The van der Waals surface area contributed by atoms with Crippen LogP contribution >= 0.6 is 0 Å². The van der Waals surface area contributed by atoms with Crippen molar-refractivity contribution >= 4 is 14.2 Å². The van der Waals surface area contributed by atoms with Crippen molar-refractivity contribution in [1.82, 2.24) is 4.90 Å². The lowest BCUT2D eigenvalue weighted by atomic mass is 10.0. The van der Waals surface area contributed by atoms with Crippen LogP contribution in [0.25, 0.3) is 0 Å². The van der Waals surface area contributed by atoms with Gasteiger partial charge in [0.05, 0.1) is 12.6 Å². The molecule has 0 bridgehead atoms. The molecule has 0 aromatic heterocycles. The van der Waals surface area contributed by atoms with E-state index in [4.69, 9.17) is 4.43 Å². The SMILES string of the molecule is CC(C)(C)[Si](C)(C)OCC1CCCC(=O)N1Cc1ccccc1. The highest BCUT2D eigenvalue weighted by Crippen LogP contribution is 2.37. The predicted molar refractivity (Wildman–Crippen MR) is 97.8 cm³/mol. The zero-order chi connectivity index (χ0) is 17.1. The summed E-state index contributed by atoms with van der Waals surface area (Å²) >= 11 is 0. The second-order valence-electron chi connectivity index (χ2n) is 8.12. The molecule has 1 aliphatic rings. The number of amides is 1. The summed E-state index contributed by atoms with van der Waals surface area (Å²) in [7, 11) is -1.77. The average molecular weight is 334 g/mol. The van der Waals surface area contributed by atoms with Gasteiger partial charge in [-0.1, -0.05) is 51.1 Å². The van der Waals surface area contributed by atoms with Gasteiger partial charge in [0.2, 0.25) is 5.91 Å². The van der Waals surface area contributed by atoms with Crippen LogP contribution in [-0.4, -0.2) is 31.8 Å². The summed E-state index contributed by atoms with van der Waals surface area (Å²) in [6, 6.07) is 10.5. The minimum Gasteiger partial charge on any atom is -0.415 e. The molecule has 1 unspecified atom stereocenters. The molecule has 1 saturated heterocycles. The van der Waals surface area contributed by atoms with Gasteiger partial charge < -0.3 is 9.33 Å². The van der Waals surface area contributed by atoms with Crippen LogP contribution in [0, 0.1) is 0 Å². The fourth-order valence-electron chi connectivity index (χ4n) is 2.68. The molecule has 0 spiro atoms. The molecule has 128 valence electrons. The number of nitrogens with zero attached hydrogens (tertiary/aromatic N) is 1. The fourth-order valence-corrected chi connectivity index (χ4v) is 3.73. The van der Waals surface area contributed by atoms with Crippen LogP contribution in [0.1, 0.15) is 45.6 Å². The van der Waals surface area contributed by atoms with Gasteiger partial charge in [-0.2, -0.15) is 0 Å². The van der Waals surface area contributed by atoms with E-state index in [1.54, 1.807) is 0 Å². The van der Waals surface area contributed by atoms with Gasteiger partial charge in [-0.15, -0.1) is 0 Å². The summed E-state index contributed by atoms with van der Waals surface area (Å²) < 4.78 is 6.39. The van der Waals surface area contributed by atoms with E-state index < -0.39 is 8.32 Å². The molecule has 0 N–H and O–H groups in total. The number of carbonyl (C=O) groups excluding carboxylic acids is 1. The van der Waals surface area contributed by atoms with Crippen molar-refractivity contribution in [1.29, 1.82) is 0 Å². The lowest BCUT2D eigenvalue weighted by Gasteiger charge is -2.41. The highest BCUT2D eigenvalue weighted by molar-refractivity contribution is 6.74. The average Bonchev–Trinajstić information content (AvgIpc) is 2.48. The summed E-state index contributed by atoms with van der Waals surface area (Å²) in [5.41, 5.74) is 1.19. The van der Waals surface area contributed by atoms with Crippen molar-refractivity contribution in [3.8, 4) is 0 Å². The van der Waals surface area contributed by atoms with Crippen LogP contribution in [0.4, 0.5) is 0 Å². The molecule has 1 aromatic rings. The Morgan fingerprint density at radius 1 is 1.22 bits per heavy atom. The molecule has 1 aliphatic heterocycles. The quantitative estimate of drug-likeness (QED) is 0.738. The summed E-state index contributed by atoms with van der Waals surface area (Å²) in [4.78, 5) is 14.4. The Morgan fingerprint density at radius 3 is 2.48 bits per heavy atom. The maximum absolute atomic E-state index is 12.4.